The molecule has 1 N–H and O–H groups in total. The number of likely N-dealkylation sites (N-methyl/N-ethyl adjacent to an activating group) is 1. The summed E-state index contributed by atoms with van der Waals surface area (Å²) in [7, 11) is 3.56. The van der Waals surface area contributed by atoms with Gasteiger partial charge in [-0.2, -0.15) is 0 Å². The minimum absolute atomic E-state index is 0.359. The molecule has 18 heavy (non-hydrogen) atoms. The number of methoxy groups -OCH3 is 1. The van der Waals surface area contributed by atoms with E-state index in [0.29, 0.717) is 13.2 Å². The number of aliphatic hydroxyl groups is 1. The Balaban J connectivity index is 2.00. The van der Waals surface area contributed by atoms with Crippen LogP contribution in [0.15, 0.2) is 30.6 Å². The third-order valence-electron chi connectivity index (χ3n) is 2.81. The molecular weight excluding hydrogens is 230 g/mol. The van der Waals surface area contributed by atoms with Crippen LogP contribution in [-0.2, 0) is 11.3 Å². The molecule has 0 aliphatic carbocycles. The Bertz CT molecular complexity index is 498. The third kappa shape index (κ3) is 3.07. The molecule has 2 aromatic rings. The molecule has 0 radical (unpaired) electrons. The van der Waals surface area contributed by atoms with E-state index >= 15 is 0 Å². The topological polar surface area (TPSA) is 50.0 Å². The molecule has 0 saturated carbocycles. The zero-order valence-electron chi connectivity index (χ0n) is 10.8. The molecule has 2 rings (SSSR count). The number of hydrogen-bond acceptors (Lipinski definition) is 4. The summed E-state index contributed by atoms with van der Waals surface area (Å²) >= 11 is 0. The van der Waals surface area contributed by atoms with E-state index in [1.165, 1.54) is 0 Å². The van der Waals surface area contributed by atoms with Crippen LogP contribution >= 0.6 is 0 Å². The van der Waals surface area contributed by atoms with Crippen molar-refractivity contribution < 1.29 is 9.84 Å². The van der Waals surface area contributed by atoms with Gasteiger partial charge in [0.05, 0.1) is 24.6 Å². The minimum atomic E-state index is -0.459. The van der Waals surface area contributed by atoms with Crippen molar-refractivity contribution in [3.05, 3.63) is 36.3 Å². The highest BCUT2D eigenvalue weighted by Gasteiger charge is 2.10. The van der Waals surface area contributed by atoms with E-state index in [1.807, 2.05) is 37.6 Å². The lowest BCUT2D eigenvalue weighted by molar-refractivity contribution is 0.0416. The van der Waals surface area contributed by atoms with Crippen LogP contribution < -0.4 is 0 Å². The lowest BCUT2D eigenvalue weighted by Crippen LogP contribution is -2.31. The van der Waals surface area contributed by atoms with Gasteiger partial charge in [-0.15, -0.1) is 0 Å². The maximum atomic E-state index is 9.67. The van der Waals surface area contributed by atoms with Gasteiger partial charge in [0.25, 0.3) is 0 Å². The molecule has 0 aliphatic rings. The second-order valence-electron chi connectivity index (χ2n) is 4.48. The lowest BCUT2D eigenvalue weighted by Gasteiger charge is -2.19. The van der Waals surface area contributed by atoms with Crippen LogP contribution in [0.5, 0.6) is 0 Å². The molecule has 0 spiro atoms. The number of pyridine rings is 1. The Morgan fingerprint density at radius 2 is 2.33 bits per heavy atom. The summed E-state index contributed by atoms with van der Waals surface area (Å²) < 4.78 is 6.97. The Labute approximate surface area is 107 Å². The first-order chi connectivity index (χ1) is 8.70. The van der Waals surface area contributed by atoms with E-state index in [0.717, 1.165) is 17.9 Å². The van der Waals surface area contributed by atoms with Crippen molar-refractivity contribution in [3.8, 4) is 0 Å². The molecule has 0 amide bonds. The van der Waals surface area contributed by atoms with Gasteiger partial charge >= 0.3 is 0 Å². The van der Waals surface area contributed by atoms with Crippen LogP contribution in [0.1, 0.15) is 5.69 Å². The van der Waals surface area contributed by atoms with Gasteiger partial charge in [-0.3, -0.25) is 4.90 Å². The fraction of sp³-hybridized carbons (Fsp3) is 0.462. The van der Waals surface area contributed by atoms with E-state index < -0.39 is 6.10 Å². The van der Waals surface area contributed by atoms with Crippen molar-refractivity contribution in [1.29, 1.82) is 0 Å². The van der Waals surface area contributed by atoms with Crippen LogP contribution in [0, 0.1) is 0 Å². The van der Waals surface area contributed by atoms with Gasteiger partial charge in [-0.05, 0) is 19.2 Å². The van der Waals surface area contributed by atoms with Gasteiger partial charge in [-0.1, -0.05) is 6.07 Å². The maximum absolute atomic E-state index is 9.67. The van der Waals surface area contributed by atoms with E-state index in [1.54, 1.807) is 7.11 Å². The fourth-order valence-corrected chi connectivity index (χ4v) is 2.05. The van der Waals surface area contributed by atoms with Crippen molar-refractivity contribution in [1.82, 2.24) is 14.3 Å². The van der Waals surface area contributed by atoms with Crippen molar-refractivity contribution in [3.63, 3.8) is 0 Å². The normalized spacial score (nSPS) is 13.3. The fourth-order valence-electron chi connectivity index (χ4n) is 2.05. The molecule has 0 aliphatic heterocycles. The standard InChI is InChI=1S/C13H19N3O2/c1-15(9-12(17)10-18-2)8-11-7-14-13-5-3-4-6-16(11)13/h3-7,12,17H,8-10H2,1-2H3. The van der Waals surface area contributed by atoms with Gasteiger partial charge in [0.15, 0.2) is 0 Å². The molecule has 5 heteroatoms. The van der Waals surface area contributed by atoms with Gasteiger partial charge in [0.2, 0.25) is 0 Å². The molecule has 2 heterocycles. The maximum Gasteiger partial charge on any atom is 0.136 e. The molecule has 5 nitrogen and oxygen atoms in total. The Morgan fingerprint density at radius 1 is 1.50 bits per heavy atom. The summed E-state index contributed by atoms with van der Waals surface area (Å²) in [6, 6.07) is 5.93. The molecule has 1 atom stereocenters. The summed E-state index contributed by atoms with van der Waals surface area (Å²) in [5.74, 6) is 0. The van der Waals surface area contributed by atoms with Crippen molar-refractivity contribution in [2.24, 2.45) is 0 Å². The quantitative estimate of drug-likeness (QED) is 0.821. The van der Waals surface area contributed by atoms with Gasteiger partial charge in [-0.25, -0.2) is 4.98 Å². The average molecular weight is 249 g/mol. The summed E-state index contributed by atoms with van der Waals surface area (Å²) in [6.45, 7) is 1.68. The summed E-state index contributed by atoms with van der Waals surface area (Å²) in [5, 5.41) is 9.67. The molecule has 0 fully saturated rings. The highest BCUT2D eigenvalue weighted by atomic mass is 16.5. The monoisotopic (exact) mass is 249 g/mol. The van der Waals surface area contributed by atoms with E-state index in [4.69, 9.17) is 4.74 Å². The predicted molar refractivity (Wildman–Crippen MR) is 69.4 cm³/mol. The highest BCUT2D eigenvalue weighted by Crippen LogP contribution is 2.08. The first-order valence-corrected chi connectivity index (χ1v) is 5.97. The minimum Gasteiger partial charge on any atom is -0.389 e. The second kappa shape index (κ2) is 5.95. The Morgan fingerprint density at radius 3 is 3.11 bits per heavy atom. The molecular formula is C13H19N3O2. The lowest BCUT2D eigenvalue weighted by atomic mass is 10.3. The molecule has 0 aromatic carbocycles. The van der Waals surface area contributed by atoms with Crippen molar-refractivity contribution >= 4 is 5.65 Å². The predicted octanol–water partition coefficient (Wildman–Crippen LogP) is 0.773. The van der Waals surface area contributed by atoms with Crippen LogP contribution in [-0.4, -0.2) is 52.8 Å². The Kier molecular flexibility index (Phi) is 4.30. The number of imidazole rings is 1. The summed E-state index contributed by atoms with van der Waals surface area (Å²) in [6.07, 6.45) is 3.41. The van der Waals surface area contributed by atoms with Gasteiger partial charge in [0.1, 0.15) is 5.65 Å². The first-order valence-electron chi connectivity index (χ1n) is 5.97. The number of fused-ring (bicyclic) bond motifs is 1. The van der Waals surface area contributed by atoms with Gasteiger partial charge in [0, 0.05) is 26.4 Å². The van der Waals surface area contributed by atoms with E-state index in [2.05, 4.69) is 14.3 Å². The smallest absolute Gasteiger partial charge is 0.136 e. The number of ether oxygens (including phenoxy) is 1. The van der Waals surface area contributed by atoms with Crippen LogP contribution in [0.3, 0.4) is 0 Å². The largest absolute Gasteiger partial charge is 0.389 e. The number of hydrogen-bond donors (Lipinski definition) is 1. The summed E-state index contributed by atoms with van der Waals surface area (Å²) in [4.78, 5) is 6.39. The molecule has 0 saturated heterocycles. The Hall–Kier alpha value is -1.43. The SMILES string of the molecule is COCC(O)CN(C)Cc1cnc2ccccn12. The van der Waals surface area contributed by atoms with E-state index in [-0.39, 0.29) is 0 Å². The third-order valence-corrected chi connectivity index (χ3v) is 2.81. The van der Waals surface area contributed by atoms with E-state index in [9.17, 15) is 5.11 Å². The highest BCUT2D eigenvalue weighted by molar-refractivity contribution is 5.39. The van der Waals surface area contributed by atoms with Crippen molar-refractivity contribution in [2.45, 2.75) is 12.6 Å². The molecule has 0 bridgehead atoms. The van der Waals surface area contributed by atoms with Gasteiger partial charge < -0.3 is 14.2 Å². The second-order valence-corrected chi connectivity index (χ2v) is 4.48. The van der Waals surface area contributed by atoms with Crippen LogP contribution in [0.25, 0.3) is 5.65 Å². The zero-order valence-corrected chi connectivity index (χ0v) is 10.8. The number of aliphatic hydroxyl groups excluding tert-OH is 1. The first kappa shape index (κ1) is 13.0. The molecule has 98 valence electrons. The number of rotatable bonds is 6. The number of aromatic nitrogens is 2. The molecule has 2 aromatic heterocycles. The number of nitrogens with zero attached hydrogens (tertiary/aromatic N) is 3. The molecule has 1 unspecified atom stereocenters. The zero-order chi connectivity index (χ0) is 13.0. The average Bonchev–Trinajstić information content (AvgIpc) is 2.73. The van der Waals surface area contributed by atoms with Crippen LogP contribution in [0.4, 0.5) is 0 Å². The van der Waals surface area contributed by atoms with Crippen molar-refractivity contribution in [2.75, 3.05) is 27.3 Å². The summed E-state index contributed by atoms with van der Waals surface area (Å²) in [5.41, 5.74) is 2.05. The van der Waals surface area contributed by atoms with Crippen LogP contribution in [0.2, 0.25) is 0 Å².